The Morgan fingerprint density at radius 1 is 0.750 bits per heavy atom. The Bertz CT molecular complexity index is 977. The van der Waals surface area contributed by atoms with Gasteiger partial charge in [-0.25, -0.2) is 29.1 Å². The number of carbonyl (C=O) groups is 2. The van der Waals surface area contributed by atoms with Gasteiger partial charge in [-0.05, 0) is 0 Å². The molecule has 0 N–H and O–H groups in total. The first kappa shape index (κ1) is 11.4. The van der Waals surface area contributed by atoms with Gasteiger partial charge in [-0.1, -0.05) is 0 Å². The van der Waals surface area contributed by atoms with E-state index < -0.39 is 23.2 Å². The average Bonchev–Trinajstić information content (AvgIpc) is 3.01. The molecule has 0 radical (unpaired) electrons. The van der Waals surface area contributed by atoms with E-state index in [4.69, 9.17) is 0 Å². The van der Waals surface area contributed by atoms with E-state index in [1.165, 1.54) is 0 Å². The highest BCUT2D eigenvalue weighted by atomic mass is 32.1. The number of hydrogen-bond acceptors (Lipinski definition) is 10. The molecule has 20 heavy (non-hydrogen) atoms. The van der Waals surface area contributed by atoms with E-state index in [2.05, 4.69) is 19.1 Å². The van der Waals surface area contributed by atoms with E-state index in [9.17, 15) is 19.2 Å². The van der Waals surface area contributed by atoms with Crippen LogP contribution in [0.2, 0.25) is 0 Å². The summed E-state index contributed by atoms with van der Waals surface area (Å²) in [7, 11) is 0. The summed E-state index contributed by atoms with van der Waals surface area (Å²) in [5.41, 5.74) is -2.70. The largest absolute Gasteiger partial charge is 0.384 e. The highest BCUT2D eigenvalue weighted by Gasteiger charge is 2.29. The van der Waals surface area contributed by atoms with E-state index in [0.29, 0.717) is 0 Å². The van der Waals surface area contributed by atoms with Crippen LogP contribution in [0.25, 0.3) is 19.1 Å². The molecule has 6 bridgehead atoms. The second-order valence-electron chi connectivity index (χ2n) is 3.75. The zero-order valence-electron chi connectivity index (χ0n) is 9.16. The number of aromatic nitrogens is 2. The summed E-state index contributed by atoms with van der Waals surface area (Å²) < 4.78 is 8.82. The Morgan fingerprint density at radius 2 is 1.20 bits per heavy atom. The minimum Gasteiger partial charge on any atom is -0.384 e. The molecule has 0 aliphatic carbocycles. The van der Waals surface area contributed by atoms with Gasteiger partial charge in [0, 0.05) is 0 Å². The normalized spacial score (nSPS) is 14.0. The first-order valence-electron chi connectivity index (χ1n) is 5.09. The van der Waals surface area contributed by atoms with Gasteiger partial charge in [0.25, 0.3) is 0 Å². The molecule has 4 rings (SSSR count). The molecular formula is C10N2O6S2. The molecule has 0 spiro atoms. The molecule has 8 nitrogen and oxygen atoms in total. The molecule has 0 atom stereocenters. The Hall–Kier alpha value is -2.46. The molecule has 10 heteroatoms. The zero-order valence-corrected chi connectivity index (χ0v) is 10.8. The molecular weight excluding hydrogens is 308 g/mol. The van der Waals surface area contributed by atoms with Gasteiger partial charge in [-0.2, -0.15) is 0 Å². The van der Waals surface area contributed by atoms with Crippen molar-refractivity contribution in [2.24, 2.45) is 0 Å². The van der Waals surface area contributed by atoms with E-state index >= 15 is 0 Å². The number of cyclic esters (lactones) is 2. The Labute approximate surface area is 115 Å². The lowest BCUT2D eigenvalue weighted by Crippen LogP contribution is -2.18. The number of carbonyl (C=O) groups excluding carboxylic acids is 2. The van der Waals surface area contributed by atoms with Gasteiger partial charge in [0.15, 0.2) is 21.0 Å². The van der Waals surface area contributed by atoms with Crippen molar-refractivity contribution < 1.29 is 18.7 Å². The number of ether oxygens (including phenoxy) is 1. The smallest absolute Gasteiger partial charge is 0.366 e. The summed E-state index contributed by atoms with van der Waals surface area (Å²) in [6.07, 6.45) is 0. The van der Waals surface area contributed by atoms with E-state index in [0.717, 1.165) is 22.7 Å². The average molecular weight is 308 g/mol. The standard InChI is InChI=1S/C10N2O6S2/c13-7-1-3-9(15)18-10(16)4-2(8(14)17-7)12-6(20-4)5(11-1)19-3. The molecule has 0 saturated carbocycles. The van der Waals surface area contributed by atoms with E-state index in [-0.39, 0.29) is 30.4 Å². The number of esters is 2. The van der Waals surface area contributed by atoms with Crippen LogP contribution in [0.3, 0.4) is 0 Å². The molecule has 0 unspecified atom stereocenters. The molecule has 0 amide bonds. The van der Waals surface area contributed by atoms with Gasteiger partial charge in [0.05, 0.1) is 0 Å². The fourth-order valence-electron chi connectivity index (χ4n) is 1.73. The van der Waals surface area contributed by atoms with Gasteiger partial charge >= 0.3 is 23.2 Å². The Kier molecular flexibility index (Phi) is 2.02. The third kappa shape index (κ3) is 1.34. The number of rotatable bonds is 0. The van der Waals surface area contributed by atoms with E-state index in [1.807, 2.05) is 0 Å². The molecule has 4 heterocycles. The highest BCUT2D eigenvalue weighted by Crippen LogP contribution is 2.29. The number of thiazole rings is 2. The molecule has 1 aliphatic rings. The van der Waals surface area contributed by atoms with Gasteiger partial charge < -0.3 is 9.15 Å². The van der Waals surface area contributed by atoms with Crippen LogP contribution in [0.1, 0.15) is 21.0 Å². The number of fused-ring (bicyclic) bond motifs is 6. The van der Waals surface area contributed by atoms with Crippen molar-refractivity contribution in [2.75, 3.05) is 0 Å². The molecule has 0 saturated heterocycles. The van der Waals surface area contributed by atoms with Crippen molar-refractivity contribution >= 4 is 53.7 Å². The maximum absolute atomic E-state index is 11.8. The van der Waals surface area contributed by atoms with Gasteiger partial charge in [0.2, 0.25) is 0 Å². The van der Waals surface area contributed by atoms with Crippen LogP contribution in [0.5, 0.6) is 0 Å². The first-order valence-corrected chi connectivity index (χ1v) is 6.73. The molecule has 1 aliphatic heterocycles. The van der Waals surface area contributed by atoms with Crippen LogP contribution < -0.4 is 11.3 Å². The van der Waals surface area contributed by atoms with Crippen LogP contribution in [0.15, 0.2) is 14.0 Å². The van der Waals surface area contributed by atoms with Crippen LogP contribution in [-0.4, -0.2) is 21.9 Å². The summed E-state index contributed by atoms with van der Waals surface area (Å²) in [4.78, 5) is 55.6. The van der Waals surface area contributed by atoms with Crippen LogP contribution >= 0.6 is 22.7 Å². The second kappa shape index (κ2) is 3.55. The number of nitrogens with zero attached hydrogens (tertiary/aromatic N) is 2. The van der Waals surface area contributed by atoms with E-state index in [1.54, 1.807) is 0 Å². The fourth-order valence-corrected chi connectivity index (χ4v) is 3.61. The number of hydrogen-bond donors (Lipinski definition) is 0. The van der Waals surface area contributed by atoms with Crippen molar-refractivity contribution in [3.8, 4) is 0 Å². The molecule has 0 fully saturated rings. The summed E-state index contributed by atoms with van der Waals surface area (Å²) in [5, 5.41) is 0. The van der Waals surface area contributed by atoms with Crippen molar-refractivity contribution in [1.29, 1.82) is 0 Å². The lowest BCUT2D eigenvalue weighted by molar-refractivity contribution is 0.0393. The van der Waals surface area contributed by atoms with Gasteiger partial charge in [-0.15, -0.1) is 22.7 Å². The van der Waals surface area contributed by atoms with Crippen molar-refractivity contribution in [3.63, 3.8) is 0 Å². The highest BCUT2D eigenvalue weighted by molar-refractivity contribution is 7.30. The SMILES string of the molecule is O=C1OC(=O)c2nc3sc2c(=O)oc(=O)c2sc3nc21. The van der Waals surface area contributed by atoms with Crippen LogP contribution in [0, 0.1) is 0 Å². The molecule has 0 aromatic carbocycles. The summed E-state index contributed by atoms with van der Waals surface area (Å²) in [5.74, 6) is -2.14. The maximum Gasteiger partial charge on any atom is 0.366 e. The van der Waals surface area contributed by atoms with Crippen LogP contribution in [0.4, 0.5) is 0 Å². The van der Waals surface area contributed by atoms with Crippen molar-refractivity contribution in [2.45, 2.75) is 0 Å². The maximum atomic E-state index is 11.8. The molecule has 3 aromatic rings. The summed E-state index contributed by atoms with van der Waals surface area (Å²) in [6, 6.07) is 0. The monoisotopic (exact) mass is 308 g/mol. The van der Waals surface area contributed by atoms with Gasteiger partial charge in [-0.3, -0.25) is 0 Å². The third-order valence-electron chi connectivity index (χ3n) is 2.57. The Balaban J connectivity index is 2.47. The fraction of sp³-hybridized carbons (Fsp3) is 0. The predicted molar refractivity (Wildman–Crippen MR) is 67.3 cm³/mol. The molecule has 3 aromatic heterocycles. The topological polar surface area (TPSA) is 116 Å². The van der Waals surface area contributed by atoms with Crippen molar-refractivity contribution in [3.05, 3.63) is 32.2 Å². The second-order valence-corrected chi connectivity index (χ2v) is 5.75. The zero-order chi connectivity index (χ0) is 14.0. The van der Waals surface area contributed by atoms with Crippen molar-refractivity contribution in [1.82, 2.24) is 9.97 Å². The quantitative estimate of drug-likeness (QED) is 0.436. The predicted octanol–water partition coefficient (Wildman–Crippen LogP) is 0.530. The minimum absolute atomic E-state index is 0.189. The molecule has 98 valence electrons. The summed E-state index contributed by atoms with van der Waals surface area (Å²) >= 11 is 1.71. The van der Waals surface area contributed by atoms with Gasteiger partial charge in [0.1, 0.15) is 9.40 Å². The first-order chi connectivity index (χ1) is 9.54. The third-order valence-corrected chi connectivity index (χ3v) is 4.78. The summed E-state index contributed by atoms with van der Waals surface area (Å²) in [6.45, 7) is 0. The minimum atomic E-state index is -1.07. The lowest BCUT2D eigenvalue weighted by Gasteiger charge is -1.98. The Morgan fingerprint density at radius 3 is 1.65 bits per heavy atom. The lowest BCUT2D eigenvalue weighted by atomic mass is 10.4. The van der Waals surface area contributed by atoms with Crippen LogP contribution in [-0.2, 0) is 4.74 Å².